The van der Waals surface area contributed by atoms with Crippen LogP contribution in [0.4, 0.5) is 0 Å². The van der Waals surface area contributed by atoms with E-state index < -0.39 is 0 Å². The van der Waals surface area contributed by atoms with Gasteiger partial charge in [-0.2, -0.15) is 5.10 Å². The van der Waals surface area contributed by atoms with Gasteiger partial charge in [0.1, 0.15) is 0 Å². The average molecular weight is 260 g/mol. The van der Waals surface area contributed by atoms with E-state index in [4.69, 9.17) is 4.74 Å². The highest BCUT2D eigenvalue weighted by Gasteiger charge is 2.07. The van der Waals surface area contributed by atoms with Gasteiger partial charge < -0.3 is 9.84 Å². The molecule has 0 aliphatic rings. The Bertz CT molecular complexity index is 538. The standard InChI is InChI=1S/C15H20N2O2/c1-11-6-13(7-12(2)15(11)10-18)14-8-16-17(9-14)4-5-19-3/h6-9,18H,4-5,10H2,1-3H3. The largest absolute Gasteiger partial charge is 0.392 e. The molecule has 0 atom stereocenters. The first-order valence-corrected chi connectivity index (χ1v) is 6.38. The number of aryl methyl sites for hydroxylation is 2. The third-order valence-electron chi connectivity index (χ3n) is 3.35. The molecule has 0 spiro atoms. The van der Waals surface area contributed by atoms with Gasteiger partial charge in [0.25, 0.3) is 0 Å². The fraction of sp³-hybridized carbons (Fsp3) is 0.400. The summed E-state index contributed by atoms with van der Waals surface area (Å²) < 4.78 is 6.92. The van der Waals surface area contributed by atoms with Crippen molar-refractivity contribution in [1.82, 2.24) is 9.78 Å². The van der Waals surface area contributed by atoms with Crippen molar-refractivity contribution in [2.45, 2.75) is 27.0 Å². The first-order chi connectivity index (χ1) is 9.15. The molecule has 0 aliphatic heterocycles. The van der Waals surface area contributed by atoms with E-state index in [1.54, 1.807) is 7.11 Å². The van der Waals surface area contributed by atoms with Crippen LogP contribution in [0.5, 0.6) is 0 Å². The minimum absolute atomic E-state index is 0.0883. The fourth-order valence-electron chi connectivity index (χ4n) is 2.23. The zero-order valence-electron chi connectivity index (χ0n) is 11.7. The summed E-state index contributed by atoms with van der Waals surface area (Å²) >= 11 is 0. The first kappa shape index (κ1) is 13.8. The summed E-state index contributed by atoms with van der Waals surface area (Å²) in [5.74, 6) is 0. The average Bonchev–Trinajstić information content (AvgIpc) is 2.84. The summed E-state index contributed by atoms with van der Waals surface area (Å²) in [6.45, 7) is 5.55. The molecule has 4 nitrogen and oxygen atoms in total. The summed E-state index contributed by atoms with van der Waals surface area (Å²) in [6, 6.07) is 4.19. The van der Waals surface area contributed by atoms with E-state index in [1.165, 1.54) is 0 Å². The van der Waals surface area contributed by atoms with Crippen LogP contribution in [-0.4, -0.2) is 28.6 Å². The van der Waals surface area contributed by atoms with Gasteiger partial charge in [0, 0.05) is 18.9 Å². The molecule has 0 fully saturated rings. The number of hydrogen-bond donors (Lipinski definition) is 1. The summed E-state index contributed by atoms with van der Waals surface area (Å²) in [7, 11) is 1.69. The molecule has 1 N–H and O–H groups in total. The molecule has 0 bridgehead atoms. The number of aliphatic hydroxyl groups is 1. The van der Waals surface area contributed by atoms with Gasteiger partial charge in [-0.25, -0.2) is 0 Å². The van der Waals surface area contributed by atoms with Gasteiger partial charge in [-0.15, -0.1) is 0 Å². The molecule has 2 rings (SSSR count). The van der Waals surface area contributed by atoms with Gasteiger partial charge in [0.2, 0.25) is 0 Å². The third kappa shape index (κ3) is 3.03. The Kier molecular flexibility index (Phi) is 4.35. The predicted molar refractivity (Wildman–Crippen MR) is 74.9 cm³/mol. The van der Waals surface area contributed by atoms with Crippen LogP contribution in [-0.2, 0) is 17.9 Å². The van der Waals surface area contributed by atoms with Gasteiger partial charge in [0.05, 0.1) is 26.0 Å². The fourth-order valence-corrected chi connectivity index (χ4v) is 2.23. The Balaban J connectivity index is 2.29. The molecule has 0 saturated carbocycles. The normalized spacial score (nSPS) is 10.9. The summed E-state index contributed by atoms with van der Waals surface area (Å²) in [6.07, 6.45) is 3.88. The molecule has 1 aromatic carbocycles. The molecular weight excluding hydrogens is 240 g/mol. The number of hydrogen-bond acceptors (Lipinski definition) is 3. The van der Waals surface area contributed by atoms with Crippen molar-refractivity contribution < 1.29 is 9.84 Å². The van der Waals surface area contributed by atoms with E-state index >= 15 is 0 Å². The van der Waals surface area contributed by atoms with Crippen LogP contribution in [0.2, 0.25) is 0 Å². The van der Waals surface area contributed by atoms with Crippen molar-refractivity contribution in [2.24, 2.45) is 0 Å². The van der Waals surface area contributed by atoms with E-state index in [2.05, 4.69) is 17.2 Å². The minimum atomic E-state index is 0.0883. The molecule has 1 heterocycles. The second kappa shape index (κ2) is 5.99. The maximum Gasteiger partial charge on any atom is 0.0686 e. The SMILES string of the molecule is COCCn1cc(-c2cc(C)c(CO)c(C)c2)cn1. The quantitative estimate of drug-likeness (QED) is 0.897. The number of nitrogens with zero attached hydrogens (tertiary/aromatic N) is 2. The highest BCUT2D eigenvalue weighted by Crippen LogP contribution is 2.25. The molecule has 0 aliphatic carbocycles. The van der Waals surface area contributed by atoms with E-state index in [1.807, 2.05) is 30.9 Å². The van der Waals surface area contributed by atoms with Crippen LogP contribution in [0.3, 0.4) is 0 Å². The summed E-state index contributed by atoms with van der Waals surface area (Å²) in [5.41, 5.74) is 5.46. The van der Waals surface area contributed by atoms with E-state index in [0.717, 1.165) is 34.4 Å². The Morgan fingerprint density at radius 3 is 2.47 bits per heavy atom. The Morgan fingerprint density at radius 2 is 1.89 bits per heavy atom. The molecule has 0 amide bonds. The highest BCUT2D eigenvalue weighted by molar-refractivity contribution is 5.64. The van der Waals surface area contributed by atoms with Gasteiger partial charge in [-0.1, -0.05) is 12.1 Å². The second-order valence-electron chi connectivity index (χ2n) is 4.73. The van der Waals surface area contributed by atoms with Crippen molar-refractivity contribution in [3.8, 4) is 11.1 Å². The molecule has 1 aromatic heterocycles. The van der Waals surface area contributed by atoms with Crippen molar-refractivity contribution in [1.29, 1.82) is 0 Å². The number of benzene rings is 1. The second-order valence-corrected chi connectivity index (χ2v) is 4.73. The Morgan fingerprint density at radius 1 is 1.21 bits per heavy atom. The smallest absolute Gasteiger partial charge is 0.0686 e. The Hall–Kier alpha value is -1.65. The predicted octanol–water partition coefficient (Wildman–Crippen LogP) is 2.31. The van der Waals surface area contributed by atoms with Crippen molar-refractivity contribution in [2.75, 3.05) is 13.7 Å². The van der Waals surface area contributed by atoms with E-state index in [-0.39, 0.29) is 6.61 Å². The first-order valence-electron chi connectivity index (χ1n) is 6.38. The van der Waals surface area contributed by atoms with Crippen molar-refractivity contribution >= 4 is 0 Å². The molecule has 0 radical (unpaired) electrons. The molecule has 2 aromatic rings. The van der Waals surface area contributed by atoms with Crippen molar-refractivity contribution in [3.63, 3.8) is 0 Å². The number of methoxy groups -OCH3 is 1. The molecule has 19 heavy (non-hydrogen) atoms. The lowest BCUT2D eigenvalue weighted by molar-refractivity contribution is 0.183. The van der Waals surface area contributed by atoms with Crippen LogP contribution in [0.1, 0.15) is 16.7 Å². The number of ether oxygens (including phenoxy) is 1. The number of aliphatic hydroxyl groups excluding tert-OH is 1. The zero-order valence-corrected chi connectivity index (χ0v) is 11.7. The lowest BCUT2D eigenvalue weighted by atomic mass is 9.97. The molecule has 102 valence electrons. The lowest BCUT2D eigenvalue weighted by Gasteiger charge is -2.09. The van der Waals surface area contributed by atoms with Crippen LogP contribution in [0.15, 0.2) is 24.5 Å². The third-order valence-corrected chi connectivity index (χ3v) is 3.35. The summed E-state index contributed by atoms with van der Waals surface area (Å²) in [5, 5.41) is 13.7. The minimum Gasteiger partial charge on any atom is -0.392 e. The van der Waals surface area contributed by atoms with Crippen molar-refractivity contribution in [3.05, 3.63) is 41.2 Å². The monoisotopic (exact) mass is 260 g/mol. The van der Waals surface area contributed by atoms with Crippen LogP contribution >= 0.6 is 0 Å². The van der Waals surface area contributed by atoms with Gasteiger partial charge in [-0.05, 0) is 36.1 Å². The zero-order chi connectivity index (χ0) is 13.8. The molecule has 4 heteroatoms. The maximum atomic E-state index is 9.33. The van der Waals surface area contributed by atoms with Gasteiger partial charge in [0.15, 0.2) is 0 Å². The molecule has 0 saturated heterocycles. The number of aromatic nitrogens is 2. The number of rotatable bonds is 5. The van der Waals surface area contributed by atoms with Gasteiger partial charge >= 0.3 is 0 Å². The molecule has 0 unspecified atom stereocenters. The van der Waals surface area contributed by atoms with Crippen LogP contribution in [0.25, 0.3) is 11.1 Å². The van der Waals surface area contributed by atoms with Crippen LogP contribution < -0.4 is 0 Å². The van der Waals surface area contributed by atoms with E-state index in [0.29, 0.717) is 6.61 Å². The lowest BCUT2D eigenvalue weighted by Crippen LogP contribution is -2.03. The van der Waals surface area contributed by atoms with Crippen LogP contribution in [0, 0.1) is 13.8 Å². The highest BCUT2D eigenvalue weighted by atomic mass is 16.5. The van der Waals surface area contributed by atoms with E-state index in [9.17, 15) is 5.11 Å². The molecular formula is C15H20N2O2. The Labute approximate surface area is 113 Å². The van der Waals surface area contributed by atoms with Gasteiger partial charge in [-0.3, -0.25) is 4.68 Å². The maximum absolute atomic E-state index is 9.33. The topological polar surface area (TPSA) is 47.3 Å². The summed E-state index contributed by atoms with van der Waals surface area (Å²) in [4.78, 5) is 0.